The van der Waals surface area contributed by atoms with E-state index in [1.54, 1.807) is 0 Å². The first-order chi connectivity index (χ1) is 23.3. The Hall–Kier alpha value is -2.07. The second-order valence-corrected chi connectivity index (χ2v) is 19.6. The molecule has 4 aliphatic heterocycles. The number of aromatic amines is 1. The first-order valence-electron chi connectivity index (χ1n) is 19.3. The molecule has 0 amide bonds. The molecule has 1 spiro atoms. The molecule has 1 aromatic heterocycles. The number of rotatable bonds is 1. The van der Waals surface area contributed by atoms with Crippen molar-refractivity contribution in [2.45, 2.75) is 172 Å². The van der Waals surface area contributed by atoms with Crippen molar-refractivity contribution >= 4 is 16.7 Å². The fraction of sp³-hybridized carbons (Fsp3) is 0.738. The minimum Gasteiger partial charge on any atom is -0.386 e. The summed E-state index contributed by atoms with van der Waals surface area (Å²) in [7, 11) is 0. The van der Waals surface area contributed by atoms with Gasteiger partial charge in [-0.1, -0.05) is 19.4 Å². The molecule has 2 aromatic rings. The van der Waals surface area contributed by atoms with Gasteiger partial charge in [0.1, 0.15) is 23.9 Å². The van der Waals surface area contributed by atoms with Gasteiger partial charge in [0.2, 0.25) is 0 Å². The summed E-state index contributed by atoms with van der Waals surface area (Å²) in [5.74, 6) is 0.568. The Bertz CT molecular complexity index is 1900. The summed E-state index contributed by atoms with van der Waals surface area (Å²) < 4.78 is 33.4. The summed E-state index contributed by atoms with van der Waals surface area (Å²) >= 11 is 0. The van der Waals surface area contributed by atoms with Gasteiger partial charge in [0.05, 0.1) is 28.8 Å². The van der Waals surface area contributed by atoms with Gasteiger partial charge in [-0.05, 0) is 129 Å². The fourth-order valence-electron chi connectivity index (χ4n) is 13.6. The van der Waals surface area contributed by atoms with Crippen molar-refractivity contribution in [1.29, 1.82) is 0 Å². The van der Waals surface area contributed by atoms with E-state index in [0.717, 1.165) is 48.8 Å². The third kappa shape index (κ3) is 3.54. The molecule has 5 heterocycles. The highest BCUT2D eigenvalue weighted by Crippen LogP contribution is 2.75. The number of allylic oxidation sites excluding steroid dienone is 1. The average Bonchev–Trinajstić information content (AvgIpc) is 3.51. The third-order valence-electron chi connectivity index (χ3n) is 15.9. The van der Waals surface area contributed by atoms with Crippen LogP contribution in [0.4, 0.5) is 0 Å². The molecule has 2 N–H and O–H groups in total. The monoisotopic (exact) mass is 685 g/mol. The highest BCUT2D eigenvalue weighted by molar-refractivity contribution is 6.06. The molecule has 50 heavy (non-hydrogen) atoms. The summed E-state index contributed by atoms with van der Waals surface area (Å²) in [4.78, 5) is 18.2. The van der Waals surface area contributed by atoms with Crippen LogP contribution in [-0.4, -0.2) is 74.6 Å². The molecule has 1 aromatic carbocycles. The standard InChI is InChI=1S/C42H55NO7/c1-20(2)17-28-47-32-34(38(7,8)48-28)46-27-14-15-39(9)40(10)21(13-16-41(39,45)42(27)35(32)49-42)18-24-29-23-19-25-30(37(5,6)50-36(25,3)4)31(44)22(23)11-12-26(29)43-33(24)40/h11-12,17,21,25,27-28,30,32,34-35,43,45H,13-16,18-19H2,1-10H3/t21-,25?,27-,28-,30?,32?,34-,35?,39+,40+,41-,42-/m0/s1. The van der Waals surface area contributed by atoms with Gasteiger partial charge in [0.15, 0.2) is 17.7 Å². The molecular weight excluding hydrogens is 630 g/mol. The zero-order valence-corrected chi connectivity index (χ0v) is 31.5. The number of carbonyl (C=O) groups excluding carboxylic acids is 1. The molecule has 0 bridgehead atoms. The molecule has 12 atom stereocenters. The van der Waals surface area contributed by atoms with Crippen LogP contribution in [0.25, 0.3) is 10.9 Å². The number of benzene rings is 1. The van der Waals surface area contributed by atoms with Crippen LogP contribution in [0.5, 0.6) is 0 Å². The first kappa shape index (κ1) is 32.6. The Morgan fingerprint density at radius 2 is 1.64 bits per heavy atom. The van der Waals surface area contributed by atoms with Crippen molar-refractivity contribution in [3.8, 4) is 0 Å². The SMILES string of the molecule is CC(C)=C[C@H]1OC2C3O[C@@]34[C@H](CC[C@@]3(C)[C@@]4(O)CC[C@H]4Cc5c([nH]c6ccc7c(c56)CC5C(C7=O)C(C)(C)OC5(C)C)[C@@]43C)O[C@@H]2C(C)(C)O1. The number of hydrogen-bond donors (Lipinski definition) is 2. The van der Waals surface area contributed by atoms with Crippen LogP contribution in [0.1, 0.15) is 122 Å². The van der Waals surface area contributed by atoms with Crippen molar-refractivity contribution in [1.82, 2.24) is 4.98 Å². The van der Waals surface area contributed by atoms with Gasteiger partial charge in [-0.2, -0.15) is 0 Å². The Morgan fingerprint density at radius 1 is 0.880 bits per heavy atom. The Morgan fingerprint density at radius 3 is 2.38 bits per heavy atom. The molecule has 8 heteroatoms. The van der Waals surface area contributed by atoms with Crippen LogP contribution in [0.2, 0.25) is 0 Å². The fourth-order valence-corrected chi connectivity index (χ4v) is 13.6. The number of hydrogen-bond acceptors (Lipinski definition) is 7. The molecule has 10 rings (SSSR count). The largest absolute Gasteiger partial charge is 0.386 e. The summed E-state index contributed by atoms with van der Waals surface area (Å²) in [6, 6.07) is 4.19. The number of Topliss-reactive ketones (excluding diaryl/α,β-unsaturated/α-hetero) is 1. The van der Waals surface area contributed by atoms with E-state index >= 15 is 0 Å². The van der Waals surface area contributed by atoms with E-state index in [0.29, 0.717) is 12.3 Å². The van der Waals surface area contributed by atoms with Crippen LogP contribution < -0.4 is 0 Å². The normalized spacial score (nSPS) is 48.3. The lowest BCUT2D eigenvalue weighted by Gasteiger charge is -2.66. The van der Waals surface area contributed by atoms with E-state index in [1.165, 1.54) is 22.2 Å². The van der Waals surface area contributed by atoms with E-state index in [2.05, 4.69) is 86.4 Å². The molecule has 270 valence electrons. The lowest BCUT2D eigenvalue weighted by Crippen LogP contribution is -2.77. The van der Waals surface area contributed by atoms with E-state index in [-0.39, 0.29) is 53.1 Å². The van der Waals surface area contributed by atoms with E-state index in [1.807, 2.05) is 6.08 Å². The van der Waals surface area contributed by atoms with Gasteiger partial charge >= 0.3 is 0 Å². The second kappa shape index (κ2) is 9.34. The molecule has 2 saturated carbocycles. The molecule has 4 saturated heterocycles. The number of aliphatic hydroxyl groups is 1. The number of aromatic nitrogens is 1. The maximum atomic E-state index is 14.3. The maximum Gasteiger partial charge on any atom is 0.178 e. The van der Waals surface area contributed by atoms with E-state index < -0.39 is 34.1 Å². The quantitative estimate of drug-likeness (QED) is 0.250. The topological polar surface area (TPSA) is 103 Å². The number of ether oxygens (including phenoxy) is 5. The van der Waals surface area contributed by atoms with E-state index in [9.17, 15) is 9.90 Å². The zero-order valence-electron chi connectivity index (χ0n) is 31.5. The van der Waals surface area contributed by atoms with Crippen molar-refractivity contribution in [2.75, 3.05) is 0 Å². The van der Waals surface area contributed by atoms with Gasteiger partial charge in [-0.25, -0.2) is 0 Å². The summed E-state index contributed by atoms with van der Waals surface area (Å²) in [5, 5.41) is 14.7. The highest BCUT2D eigenvalue weighted by atomic mass is 16.8. The van der Waals surface area contributed by atoms with Crippen molar-refractivity contribution < 1.29 is 33.6 Å². The molecule has 6 fully saturated rings. The summed E-state index contributed by atoms with van der Waals surface area (Å²) in [5.41, 5.74) is 2.69. The number of nitrogens with one attached hydrogen (secondary N) is 1. The molecule has 8 nitrogen and oxygen atoms in total. The average molecular weight is 686 g/mol. The van der Waals surface area contributed by atoms with Crippen molar-refractivity contribution in [2.24, 2.45) is 23.2 Å². The molecular formula is C42H55NO7. The van der Waals surface area contributed by atoms with Crippen LogP contribution in [-0.2, 0) is 41.9 Å². The minimum atomic E-state index is -1.11. The first-order valence-corrected chi connectivity index (χ1v) is 19.3. The van der Waals surface area contributed by atoms with Crippen LogP contribution in [0, 0.1) is 23.2 Å². The van der Waals surface area contributed by atoms with Gasteiger partial charge in [-0.3, -0.25) is 4.79 Å². The molecule has 8 aliphatic rings. The minimum absolute atomic E-state index is 0.123. The number of ketones is 1. The molecule has 4 unspecified atom stereocenters. The smallest absolute Gasteiger partial charge is 0.178 e. The van der Waals surface area contributed by atoms with Gasteiger partial charge in [0, 0.05) is 38.9 Å². The lowest BCUT2D eigenvalue weighted by molar-refractivity contribution is -0.343. The summed E-state index contributed by atoms with van der Waals surface area (Å²) in [6.45, 7) is 21.5. The van der Waals surface area contributed by atoms with E-state index in [4.69, 9.17) is 23.7 Å². The molecule has 0 radical (unpaired) electrons. The third-order valence-corrected chi connectivity index (χ3v) is 15.9. The van der Waals surface area contributed by atoms with Gasteiger partial charge < -0.3 is 33.8 Å². The number of carbonyl (C=O) groups is 1. The van der Waals surface area contributed by atoms with Crippen LogP contribution in [0.3, 0.4) is 0 Å². The van der Waals surface area contributed by atoms with Gasteiger partial charge in [0.25, 0.3) is 0 Å². The summed E-state index contributed by atoms with van der Waals surface area (Å²) in [6.07, 6.45) is 5.41. The Balaban J connectivity index is 1.07. The number of epoxide rings is 1. The maximum absolute atomic E-state index is 14.3. The Kier molecular flexibility index (Phi) is 6.09. The lowest BCUT2D eigenvalue weighted by atomic mass is 9.40. The Labute approximate surface area is 296 Å². The second-order valence-electron chi connectivity index (χ2n) is 19.6. The predicted octanol–water partition coefficient (Wildman–Crippen LogP) is 6.87. The molecule has 4 aliphatic carbocycles. The highest BCUT2D eigenvalue weighted by Gasteiger charge is 2.87. The van der Waals surface area contributed by atoms with Crippen LogP contribution in [0.15, 0.2) is 23.8 Å². The number of fused-ring (bicyclic) bond motifs is 12. The zero-order chi connectivity index (χ0) is 35.3. The van der Waals surface area contributed by atoms with Crippen molar-refractivity contribution in [3.05, 3.63) is 46.2 Å². The van der Waals surface area contributed by atoms with Crippen molar-refractivity contribution in [3.63, 3.8) is 0 Å². The van der Waals surface area contributed by atoms with Gasteiger partial charge in [-0.15, -0.1) is 0 Å². The van der Waals surface area contributed by atoms with Crippen LogP contribution >= 0.6 is 0 Å². The number of H-pyrrole nitrogens is 1. The predicted molar refractivity (Wildman–Crippen MR) is 188 cm³/mol.